The highest BCUT2D eigenvalue weighted by molar-refractivity contribution is 5.85. The van der Waals surface area contributed by atoms with Gasteiger partial charge in [-0.05, 0) is 37.3 Å². The molecule has 0 bridgehead atoms. The fourth-order valence-corrected chi connectivity index (χ4v) is 5.83. The smallest absolute Gasteiger partial charge is 0.314 e. The summed E-state index contributed by atoms with van der Waals surface area (Å²) in [6.07, 6.45) is 1.49. The second-order valence-electron chi connectivity index (χ2n) is 8.38. The lowest BCUT2D eigenvalue weighted by Gasteiger charge is -2.53. The minimum absolute atomic E-state index is 0.0564. The van der Waals surface area contributed by atoms with Crippen LogP contribution in [0.5, 0.6) is 0 Å². The molecule has 0 aliphatic carbocycles. The minimum atomic E-state index is -0.541. The average molecular weight is 384 g/mol. The van der Waals surface area contributed by atoms with Gasteiger partial charge in [0.2, 0.25) is 0 Å². The maximum atomic E-state index is 12.6. The number of fused-ring (bicyclic) bond motifs is 6. The molecular formula is C22H28N2O4. The van der Waals surface area contributed by atoms with Gasteiger partial charge in [0.25, 0.3) is 0 Å². The zero-order valence-electron chi connectivity index (χ0n) is 16.7. The number of rotatable bonds is 2. The Balaban J connectivity index is 1.53. The van der Waals surface area contributed by atoms with Crippen molar-refractivity contribution in [1.29, 1.82) is 0 Å². The van der Waals surface area contributed by atoms with Gasteiger partial charge >= 0.3 is 5.97 Å². The molecule has 28 heavy (non-hydrogen) atoms. The van der Waals surface area contributed by atoms with E-state index in [9.17, 15) is 4.79 Å². The van der Waals surface area contributed by atoms with E-state index in [1.165, 1.54) is 29.3 Å². The van der Waals surface area contributed by atoms with Gasteiger partial charge in [0.1, 0.15) is 5.92 Å². The number of aromatic amines is 1. The number of nitrogens with one attached hydrogen (secondary N) is 1. The Bertz CT molecular complexity index is 894. The fourth-order valence-electron chi connectivity index (χ4n) is 5.83. The zero-order chi connectivity index (χ0) is 19.4. The molecule has 3 aliphatic rings. The van der Waals surface area contributed by atoms with Crippen molar-refractivity contribution in [2.24, 2.45) is 17.8 Å². The Hall–Kier alpha value is -1.89. The van der Waals surface area contributed by atoms with Crippen molar-refractivity contribution in [3.8, 4) is 0 Å². The predicted octanol–water partition coefficient (Wildman–Crippen LogP) is 2.88. The van der Waals surface area contributed by atoms with Crippen LogP contribution in [0.3, 0.4) is 0 Å². The van der Waals surface area contributed by atoms with Crippen molar-refractivity contribution >= 4 is 16.9 Å². The van der Waals surface area contributed by atoms with Crippen LogP contribution in [0.15, 0.2) is 24.3 Å². The van der Waals surface area contributed by atoms with Crippen LogP contribution >= 0.6 is 0 Å². The molecular weight excluding hydrogens is 356 g/mol. The summed E-state index contributed by atoms with van der Waals surface area (Å²) in [7, 11) is 3.06. The number of nitrogens with zero attached hydrogens (tertiary/aromatic N) is 1. The van der Waals surface area contributed by atoms with Crippen LogP contribution in [0.4, 0.5) is 0 Å². The van der Waals surface area contributed by atoms with Crippen LogP contribution in [-0.2, 0) is 25.4 Å². The Kier molecular flexibility index (Phi) is 4.45. The van der Waals surface area contributed by atoms with Crippen LogP contribution in [0.25, 0.3) is 10.9 Å². The number of benzene rings is 1. The molecule has 150 valence electrons. The SMILES string of the molecule is COC(=O)[C@H]1C(OC)O[C@@H](C)[C@H]2CN3CCc4c([nH]c5ccccc45)[C@@H]3C[C@@H]21. The number of para-hydroxylation sites is 1. The lowest BCUT2D eigenvalue weighted by atomic mass is 9.68. The second-order valence-corrected chi connectivity index (χ2v) is 8.38. The monoisotopic (exact) mass is 384 g/mol. The Morgan fingerprint density at radius 2 is 2.07 bits per heavy atom. The van der Waals surface area contributed by atoms with Gasteiger partial charge < -0.3 is 19.2 Å². The van der Waals surface area contributed by atoms with Gasteiger partial charge in [-0.25, -0.2) is 0 Å². The van der Waals surface area contributed by atoms with Gasteiger partial charge in [-0.1, -0.05) is 18.2 Å². The first-order chi connectivity index (χ1) is 13.6. The van der Waals surface area contributed by atoms with Gasteiger partial charge in [0, 0.05) is 42.7 Å². The minimum Gasteiger partial charge on any atom is -0.469 e. The van der Waals surface area contributed by atoms with Crippen molar-refractivity contribution in [3.63, 3.8) is 0 Å². The molecule has 2 aromatic rings. The molecule has 0 amide bonds. The highest BCUT2D eigenvalue weighted by Crippen LogP contribution is 2.49. The average Bonchev–Trinajstić information content (AvgIpc) is 3.11. The molecule has 0 radical (unpaired) electrons. The molecule has 6 atom stereocenters. The lowest BCUT2D eigenvalue weighted by molar-refractivity contribution is -0.255. The molecule has 4 heterocycles. The van der Waals surface area contributed by atoms with E-state index < -0.39 is 6.29 Å². The Morgan fingerprint density at radius 3 is 2.86 bits per heavy atom. The molecule has 6 nitrogen and oxygen atoms in total. The largest absolute Gasteiger partial charge is 0.469 e. The molecule has 2 saturated heterocycles. The number of carbonyl (C=O) groups excluding carboxylic acids is 1. The first-order valence-corrected chi connectivity index (χ1v) is 10.2. The summed E-state index contributed by atoms with van der Waals surface area (Å²) in [4.78, 5) is 18.9. The second kappa shape index (κ2) is 6.87. The van der Waals surface area contributed by atoms with Gasteiger partial charge in [0.15, 0.2) is 6.29 Å². The molecule has 1 aromatic carbocycles. The van der Waals surface area contributed by atoms with E-state index in [2.05, 4.69) is 41.1 Å². The third-order valence-electron chi connectivity index (χ3n) is 7.17. The molecule has 6 heteroatoms. The molecule has 0 spiro atoms. The summed E-state index contributed by atoms with van der Waals surface area (Å²) >= 11 is 0. The number of esters is 1. The van der Waals surface area contributed by atoms with Gasteiger partial charge in [-0.15, -0.1) is 0 Å². The number of methoxy groups -OCH3 is 2. The van der Waals surface area contributed by atoms with Gasteiger partial charge in [-0.3, -0.25) is 9.69 Å². The number of hydrogen-bond donors (Lipinski definition) is 1. The van der Waals surface area contributed by atoms with E-state index in [0.29, 0.717) is 12.0 Å². The first kappa shape index (κ1) is 18.2. The van der Waals surface area contributed by atoms with Gasteiger partial charge in [0.05, 0.1) is 19.3 Å². The maximum Gasteiger partial charge on any atom is 0.314 e. The molecule has 5 rings (SSSR count). The molecule has 1 unspecified atom stereocenters. The zero-order valence-corrected chi connectivity index (χ0v) is 16.7. The third-order valence-corrected chi connectivity index (χ3v) is 7.17. The first-order valence-electron chi connectivity index (χ1n) is 10.2. The van der Waals surface area contributed by atoms with Crippen LogP contribution in [0.1, 0.15) is 30.6 Å². The van der Waals surface area contributed by atoms with E-state index in [1.807, 2.05) is 0 Å². The summed E-state index contributed by atoms with van der Waals surface area (Å²) in [6.45, 7) is 4.09. The number of aromatic nitrogens is 1. The number of carbonyl (C=O) groups is 1. The molecule has 0 saturated carbocycles. The molecule has 3 aliphatic heterocycles. The molecule has 1 aromatic heterocycles. The highest BCUT2D eigenvalue weighted by Gasteiger charge is 2.53. The molecule has 2 fully saturated rings. The third kappa shape index (κ3) is 2.62. The normalized spacial score (nSPS) is 35.1. The van der Waals surface area contributed by atoms with Crippen molar-refractivity contribution in [2.75, 3.05) is 27.3 Å². The van der Waals surface area contributed by atoms with Gasteiger partial charge in [-0.2, -0.15) is 0 Å². The number of piperidine rings is 1. The highest BCUT2D eigenvalue weighted by atomic mass is 16.7. The summed E-state index contributed by atoms with van der Waals surface area (Å²) in [5.41, 5.74) is 3.96. The van der Waals surface area contributed by atoms with Crippen molar-refractivity contribution in [3.05, 3.63) is 35.5 Å². The van der Waals surface area contributed by atoms with Crippen LogP contribution in [0.2, 0.25) is 0 Å². The Morgan fingerprint density at radius 1 is 1.25 bits per heavy atom. The van der Waals surface area contributed by atoms with E-state index in [0.717, 1.165) is 25.9 Å². The Labute approximate surface area is 165 Å². The number of H-pyrrole nitrogens is 1. The summed E-state index contributed by atoms with van der Waals surface area (Å²) in [5, 5.41) is 1.33. The summed E-state index contributed by atoms with van der Waals surface area (Å²) in [5.74, 6) is -0.125. The van der Waals surface area contributed by atoms with Crippen molar-refractivity contribution in [1.82, 2.24) is 9.88 Å². The van der Waals surface area contributed by atoms with E-state index in [-0.39, 0.29) is 23.9 Å². The quantitative estimate of drug-likeness (QED) is 0.807. The van der Waals surface area contributed by atoms with Crippen LogP contribution < -0.4 is 0 Å². The lowest BCUT2D eigenvalue weighted by Crippen LogP contribution is -2.58. The number of hydrogen-bond acceptors (Lipinski definition) is 5. The standard InChI is InChI=1S/C22H28N2O4/c1-12-16-11-24-9-8-14-13-6-4-5-7-17(13)23-20(14)18(24)10-15(16)19(21(25)26-2)22(27-3)28-12/h4-7,12,15-16,18-19,22-23H,8-11H2,1-3H3/t12-,15-,16+,18-,19-,22?/m0/s1. The predicted molar refractivity (Wildman–Crippen MR) is 105 cm³/mol. The number of ether oxygens (including phenoxy) is 3. The van der Waals surface area contributed by atoms with E-state index in [1.54, 1.807) is 7.11 Å². The van der Waals surface area contributed by atoms with Crippen LogP contribution in [-0.4, -0.2) is 55.6 Å². The summed E-state index contributed by atoms with van der Waals surface area (Å²) < 4.78 is 16.8. The van der Waals surface area contributed by atoms with Crippen molar-refractivity contribution in [2.45, 2.75) is 38.2 Å². The van der Waals surface area contributed by atoms with Crippen LogP contribution in [0, 0.1) is 17.8 Å². The topological polar surface area (TPSA) is 63.8 Å². The van der Waals surface area contributed by atoms with E-state index >= 15 is 0 Å². The maximum absolute atomic E-state index is 12.6. The fraction of sp³-hybridized carbons (Fsp3) is 0.591. The van der Waals surface area contributed by atoms with E-state index in [4.69, 9.17) is 14.2 Å². The van der Waals surface area contributed by atoms with Crippen molar-refractivity contribution < 1.29 is 19.0 Å². The molecule has 1 N–H and O–H groups in total. The summed E-state index contributed by atoms with van der Waals surface area (Å²) in [6, 6.07) is 8.85.